The summed E-state index contributed by atoms with van der Waals surface area (Å²) in [6.45, 7) is 1.53. The Morgan fingerprint density at radius 1 is 1.41 bits per heavy atom. The average Bonchev–Trinajstić information content (AvgIpc) is 2.35. The molecule has 0 aliphatic rings. The third-order valence-corrected chi connectivity index (χ3v) is 2.15. The maximum Gasteiger partial charge on any atom is 0.270 e. The van der Waals surface area contributed by atoms with E-state index < -0.39 is 4.92 Å². The molecule has 0 saturated heterocycles. The minimum Gasteiger partial charge on any atom is -0.349 e. The predicted molar refractivity (Wildman–Crippen MR) is 60.7 cm³/mol. The van der Waals surface area contributed by atoms with Gasteiger partial charge in [-0.05, 0) is 0 Å². The van der Waals surface area contributed by atoms with Crippen LogP contribution in [0.15, 0.2) is 24.3 Å². The van der Waals surface area contributed by atoms with Crippen LogP contribution in [0, 0.1) is 10.1 Å². The van der Waals surface area contributed by atoms with E-state index in [0.717, 1.165) is 0 Å². The number of nitrogens with zero attached hydrogens (tertiary/aromatic N) is 1. The van der Waals surface area contributed by atoms with Crippen molar-refractivity contribution in [3.63, 3.8) is 0 Å². The maximum atomic E-state index is 11.6. The molecule has 0 aromatic heterocycles. The number of benzene rings is 1. The summed E-state index contributed by atoms with van der Waals surface area (Å²) in [5.74, 6) is -0.584. The molecule has 0 heterocycles. The molecule has 0 bridgehead atoms. The number of carbonyl (C=O) groups excluding carboxylic acids is 2. The second kappa shape index (κ2) is 5.74. The van der Waals surface area contributed by atoms with E-state index in [-0.39, 0.29) is 29.5 Å². The third kappa shape index (κ3) is 3.67. The highest BCUT2D eigenvalue weighted by molar-refractivity contribution is 5.99. The van der Waals surface area contributed by atoms with Crippen LogP contribution < -0.4 is 5.32 Å². The highest BCUT2D eigenvalue weighted by Crippen LogP contribution is 2.13. The molecule has 0 unspecified atom stereocenters. The molecule has 0 atom stereocenters. The normalized spacial score (nSPS) is 9.71. The molecule has 17 heavy (non-hydrogen) atoms. The molecular formula is C11H12N2O4. The Morgan fingerprint density at radius 2 is 2.12 bits per heavy atom. The van der Waals surface area contributed by atoms with Crippen molar-refractivity contribution in [3.05, 3.63) is 39.9 Å². The Bertz CT molecular complexity index is 457. The van der Waals surface area contributed by atoms with Crippen molar-refractivity contribution in [1.82, 2.24) is 5.32 Å². The fraction of sp³-hybridized carbons (Fsp3) is 0.273. The zero-order chi connectivity index (χ0) is 12.8. The quantitative estimate of drug-likeness (QED) is 0.474. The van der Waals surface area contributed by atoms with E-state index in [2.05, 4.69) is 5.32 Å². The van der Waals surface area contributed by atoms with Crippen LogP contribution in [0.2, 0.25) is 0 Å². The van der Waals surface area contributed by atoms with Gasteiger partial charge in [0.2, 0.25) is 5.91 Å². The number of hydrogen-bond donors (Lipinski definition) is 1. The van der Waals surface area contributed by atoms with Gasteiger partial charge in [-0.3, -0.25) is 19.7 Å². The highest BCUT2D eigenvalue weighted by Gasteiger charge is 2.11. The Morgan fingerprint density at radius 3 is 2.71 bits per heavy atom. The highest BCUT2D eigenvalue weighted by atomic mass is 16.6. The van der Waals surface area contributed by atoms with E-state index in [1.54, 1.807) is 6.92 Å². The molecule has 6 heteroatoms. The van der Waals surface area contributed by atoms with Gasteiger partial charge in [0.05, 0.1) is 11.5 Å². The molecule has 1 amide bonds. The molecular weight excluding hydrogens is 224 g/mol. The van der Waals surface area contributed by atoms with Crippen LogP contribution in [0.25, 0.3) is 0 Å². The van der Waals surface area contributed by atoms with Crippen molar-refractivity contribution in [2.75, 3.05) is 6.54 Å². The van der Waals surface area contributed by atoms with Crippen LogP contribution in [-0.4, -0.2) is 23.2 Å². The molecule has 0 saturated carbocycles. The SMILES string of the molecule is CCC(=O)NCC(=O)c1cccc([N+](=O)[O-])c1. The second-order valence-corrected chi connectivity index (χ2v) is 3.36. The van der Waals surface area contributed by atoms with Crippen LogP contribution in [0.5, 0.6) is 0 Å². The number of Topliss-reactive ketones (excluding diaryl/α,β-unsaturated/α-hetero) is 1. The Kier molecular flexibility index (Phi) is 4.33. The summed E-state index contributed by atoms with van der Waals surface area (Å²) >= 11 is 0. The van der Waals surface area contributed by atoms with Gasteiger partial charge in [0.1, 0.15) is 0 Å². The molecule has 1 rings (SSSR count). The van der Waals surface area contributed by atoms with E-state index >= 15 is 0 Å². The summed E-state index contributed by atoms with van der Waals surface area (Å²) in [5, 5.41) is 12.9. The minimum absolute atomic E-state index is 0.141. The molecule has 0 spiro atoms. The number of nitro benzene ring substituents is 1. The first kappa shape index (κ1) is 12.8. The Labute approximate surface area is 97.8 Å². The molecule has 0 aliphatic heterocycles. The van der Waals surface area contributed by atoms with Gasteiger partial charge in [-0.1, -0.05) is 19.1 Å². The standard InChI is InChI=1S/C11H12N2O4/c1-2-11(15)12-7-10(14)8-4-3-5-9(6-8)13(16)17/h3-6H,2,7H2,1H3,(H,12,15). The van der Waals surface area contributed by atoms with Crippen molar-refractivity contribution in [2.24, 2.45) is 0 Å². The molecule has 90 valence electrons. The second-order valence-electron chi connectivity index (χ2n) is 3.36. The van der Waals surface area contributed by atoms with Crippen molar-refractivity contribution < 1.29 is 14.5 Å². The largest absolute Gasteiger partial charge is 0.349 e. The van der Waals surface area contributed by atoms with Crippen molar-refractivity contribution >= 4 is 17.4 Å². The number of nitrogens with one attached hydrogen (secondary N) is 1. The van der Waals surface area contributed by atoms with Crippen molar-refractivity contribution in [1.29, 1.82) is 0 Å². The zero-order valence-electron chi connectivity index (χ0n) is 9.30. The van der Waals surface area contributed by atoms with Gasteiger partial charge < -0.3 is 5.32 Å². The summed E-state index contributed by atoms with van der Waals surface area (Å²) in [6.07, 6.45) is 0.294. The Balaban J connectivity index is 2.72. The fourth-order valence-electron chi connectivity index (χ4n) is 1.20. The molecule has 0 radical (unpaired) electrons. The number of carbonyl (C=O) groups is 2. The fourth-order valence-corrected chi connectivity index (χ4v) is 1.20. The zero-order valence-corrected chi connectivity index (χ0v) is 9.30. The lowest BCUT2D eigenvalue weighted by Gasteiger charge is -2.02. The first-order valence-corrected chi connectivity index (χ1v) is 5.09. The number of hydrogen-bond acceptors (Lipinski definition) is 4. The van der Waals surface area contributed by atoms with Gasteiger partial charge in [0, 0.05) is 24.1 Å². The molecule has 0 aliphatic carbocycles. The van der Waals surface area contributed by atoms with Gasteiger partial charge in [0.15, 0.2) is 5.78 Å². The lowest BCUT2D eigenvalue weighted by molar-refractivity contribution is -0.384. The van der Waals surface area contributed by atoms with Crippen molar-refractivity contribution in [3.8, 4) is 0 Å². The molecule has 1 N–H and O–H groups in total. The summed E-state index contributed by atoms with van der Waals surface area (Å²) < 4.78 is 0. The summed E-state index contributed by atoms with van der Waals surface area (Å²) in [7, 11) is 0. The number of rotatable bonds is 5. The van der Waals surface area contributed by atoms with Gasteiger partial charge in [-0.25, -0.2) is 0 Å². The molecule has 1 aromatic rings. The first-order valence-electron chi connectivity index (χ1n) is 5.09. The first-order chi connectivity index (χ1) is 8.04. The summed E-state index contributed by atoms with van der Waals surface area (Å²) in [4.78, 5) is 32.5. The molecule has 6 nitrogen and oxygen atoms in total. The van der Waals surface area contributed by atoms with E-state index in [0.29, 0.717) is 6.42 Å². The van der Waals surface area contributed by atoms with E-state index in [4.69, 9.17) is 0 Å². The maximum absolute atomic E-state index is 11.6. The third-order valence-electron chi connectivity index (χ3n) is 2.15. The average molecular weight is 236 g/mol. The number of non-ortho nitro benzene ring substituents is 1. The lowest BCUT2D eigenvalue weighted by Crippen LogP contribution is -2.28. The van der Waals surface area contributed by atoms with Crippen LogP contribution in [0.3, 0.4) is 0 Å². The monoisotopic (exact) mass is 236 g/mol. The number of ketones is 1. The van der Waals surface area contributed by atoms with Gasteiger partial charge in [-0.15, -0.1) is 0 Å². The number of nitro groups is 1. The Hall–Kier alpha value is -2.24. The van der Waals surface area contributed by atoms with E-state index in [1.165, 1.54) is 24.3 Å². The van der Waals surface area contributed by atoms with Crippen LogP contribution >= 0.6 is 0 Å². The number of amides is 1. The van der Waals surface area contributed by atoms with Gasteiger partial charge >= 0.3 is 0 Å². The van der Waals surface area contributed by atoms with Crippen molar-refractivity contribution in [2.45, 2.75) is 13.3 Å². The summed E-state index contributed by atoms with van der Waals surface area (Å²) in [5.41, 5.74) is 0.0771. The van der Waals surface area contributed by atoms with E-state index in [1.807, 2.05) is 0 Å². The summed E-state index contributed by atoms with van der Waals surface area (Å²) in [6, 6.07) is 5.42. The smallest absolute Gasteiger partial charge is 0.270 e. The predicted octanol–water partition coefficient (Wildman–Crippen LogP) is 1.30. The topological polar surface area (TPSA) is 89.3 Å². The molecule has 1 aromatic carbocycles. The van der Waals surface area contributed by atoms with Crippen LogP contribution in [-0.2, 0) is 4.79 Å². The van der Waals surface area contributed by atoms with Gasteiger partial charge in [-0.2, -0.15) is 0 Å². The molecule has 0 fully saturated rings. The van der Waals surface area contributed by atoms with Crippen LogP contribution in [0.4, 0.5) is 5.69 Å². The van der Waals surface area contributed by atoms with E-state index in [9.17, 15) is 19.7 Å². The lowest BCUT2D eigenvalue weighted by atomic mass is 10.1. The van der Waals surface area contributed by atoms with Crippen LogP contribution in [0.1, 0.15) is 23.7 Å². The van der Waals surface area contributed by atoms with Gasteiger partial charge in [0.25, 0.3) is 5.69 Å². The minimum atomic E-state index is -0.568.